The number of halogens is 1. The molecule has 6 nitrogen and oxygen atoms in total. The summed E-state index contributed by atoms with van der Waals surface area (Å²) < 4.78 is 47.3. The number of amides is 1. The standard InChI is InChI=1S/C23H21FN2O4S/c1-14-15(2)30-22-18(14)9-6-10-19(22)23(27)25-16-7-5-8-17(13-16)31(28,29)26-21-12-4-3-11-20(21)24/h3-15,26H,1-2H3,(H,25,27)/t14-,15+/m1/s1. The lowest BCUT2D eigenvalue weighted by molar-refractivity contribution is 0.102. The summed E-state index contributed by atoms with van der Waals surface area (Å²) in [6, 6.07) is 16.6. The van der Waals surface area contributed by atoms with Gasteiger partial charge in [-0.2, -0.15) is 0 Å². The summed E-state index contributed by atoms with van der Waals surface area (Å²) in [6.45, 7) is 3.98. The largest absolute Gasteiger partial charge is 0.489 e. The van der Waals surface area contributed by atoms with Crippen LogP contribution < -0.4 is 14.8 Å². The third-order valence-electron chi connectivity index (χ3n) is 5.31. The minimum absolute atomic E-state index is 0.0399. The molecule has 0 fully saturated rings. The van der Waals surface area contributed by atoms with E-state index in [1.165, 1.54) is 36.4 Å². The lowest BCUT2D eigenvalue weighted by Crippen LogP contribution is -2.16. The third-order valence-corrected chi connectivity index (χ3v) is 6.67. The highest BCUT2D eigenvalue weighted by atomic mass is 32.2. The van der Waals surface area contributed by atoms with Crippen LogP contribution in [-0.4, -0.2) is 20.4 Å². The predicted molar refractivity (Wildman–Crippen MR) is 117 cm³/mol. The molecule has 3 aromatic carbocycles. The van der Waals surface area contributed by atoms with E-state index in [1.807, 2.05) is 19.9 Å². The van der Waals surface area contributed by atoms with E-state index in [0.29, 0.717) is 11.3 Å². The number of anilines is 2. The third kappa shape index (κ3) is 4.11. The van der Waals surface area contributed by atoms with Gasteiger partial charge in [-0.3, -0.25) is 9.52 Å². The summed E-state index contributed by atoms with van der Waals surface area (Å²) in [5.74, 6) is -0.377. The van der Waals surface area contributed by atoms with Gasteiger partial charge in [0.15, 0.2) is 0 Å². The number of rotatable bonds is 5. The van der Waals surface area contributed by atoms with Crippen molar-refractivity contribution in [2.45, 2.75) is 30.8 Å². The Kier molecular flexibility index (Phi) is 5.41. The second-order valence-electron chi connectivity index (χ2n) is 7.40. The van der Waals surface area contributed by atoms with Gasteiger partial charge in [0.2, 0.25) is 0 Å². The molecule has 0 aliphatic carbocycles. The number of sulfonamides is 1. The Morgan fingerprint density at radius 1 is 1.00 bits per heavy atom. The Labute approximate surface area is 180 Å². The van der Waals surface area contributed by atoms with Crippen molar-refractivity contribution in [3.05, 3.63) is 83.7 Å². The lowest BCUT2D eigenvalue weighted by atomic mass is 9.97. The molecule has 0 saturated heterocycles. The number of benzene rings is 3. The van der Waals surface area contributed by atoms with Gasteiger partial charge in [-0.1, -0.05) is 37.3 Å². The van der Waals surface area contributed by atoms with Gasteiger partial charge in [0.25, 0.3) is 15.9 Å². The Morgan fingerprint density at radius 3 is 2.52 bits per heavy atom. The number of para-hydroxylation sites is 2. The van der Waals surface area contributed by atoms with Crippen molar-refractivity contribution >= 4 is 27.3 Å². The number of fused-ring (bicyclic) bond motifs is 1. The predicted octanol–water partition coefficient (Wildman–Crippen LogP) is 4.76. The molecule has 1 heterocycles. The van der Waals surface area contributed by atoms with Crippen LogP contribution in [-0.2, 0) is 10.0 Å². The first-order valence-electron chi connectivity index (χ1n) is 9.74. The fourth-order valence-electron chi connectivity index (χ4n) is 3.45. The summed E-state index contributed by atoms with van der Waals surface area (Å²) >= 11 is 0. The number of nitrogens with one attached hydrogen (secondary N) is 2. The zero-order chi connectivity index (χ0) is 22.2. The van der Waals surface area contributed by atoms with Crippen molar-refractivity contribution in [1.82, 2.24) is 0 Å². The Balaban J connectivity index is 1.58. The van der Waals surface area contributed by atoms with Gasteiger partial charge in [0, 0.05) is 17.2 Å². The molecule has 31 heavy (non-hydrogen) atoms. The van der Waals surface area contributed by atoms with Gasteiger partial charge in [-0.25, -0.2) is 12.8 Å². The highest BCUT2D eigenvalue weighted by Gasteiger charge is 2.31. The molecule has 1 aliphatic heterocycles. The minimum atomic E-state index is -4.05. The maximum Gasteiger partial charge on any atom is 0.262 e. The minimum Gasteiger partial charge on any atom is -0.489 e. The van der Waals surface area contributed by atoms with Crippen LogP contribution in [0, 0.1) is 5.82 Å². The summed E-state index contributed by atoms with van der Waals surface area (Å²) in [6.07, 6.45) is -0.0399. The first kappa shape index (κ1) is 20.9. The second-order valence-corrected chi connectivity index (χ2v) is 9.09. The summed E-state index contributed by atoms with van der Waals surface area (Å²) in [5, 5.41) is 2.72. The average molecular weight is 440 g/mol. The van der Waals surface area contributed by atoms with Crippen molar-refractivity contribution in [2.24, 2.45) is 0 Å². The van der Waals surface area contributed by atoms with Crippen molar-refractivity contribution < 1.29 is 22.3 Å². The molecule has 0 unspecified atom stereocenters. The van der Waals surface area contributed by atoms with E-state index in [4.69, 9.17) is 4.74 Å². The van der Waals surface area contributed by atoms with Gasteiger partial charge in [-0.15, -0.1) is 0 Å². The van der Waals surface area contributed by atoms with E-state index >= 15 is 0 Å². The monoisotopic (exact) mass is 440 g/mol. The van der Waals surface area contributed by atoms with Crippen LogP contribution in [0.4, 0.5) is 15.8 Å². The van der Waals surface area contributed by atoms with Crippen LogP contribution in [0.15, 0.2) is 71.6 Å². The van der Waals surface area contributed by atoms with Crippen LogP contribution >= 0.6 is 0 Å². The fraction of sp³-hybridized carbons (Fsp3) is 0.174. The van der Waals surface area contributed by atoms with Crippen LogP contribution in [0.5, 0.6) is 5.75 Å². The first-order valence-corrected chi connectivity index (χ1v) is 11.2. The highest BCUT2D eigenvalue weighted by Crippen LogP contribution is 2.40. The van der Waals surface area contributed by atoms with Gasteiger partial charge in [-0.05, 0) is 43.3 Å². The number of hydrogen-bond donors (Lipinski definition) is 2. The number of ether oxygens (including phenoxy) is 1. The maximum absolute atomic E-state index is 13.8. The molecule has 2 atom stereocenters. The van der Waals surface area contributed by atoms with Crippen LogP contribution in [0.25, 0.3) is 0 Å². The Morgan fingerprint density at radius 2 is 1.74 bits per heavy atom. The highest BCUT2D eigenvalue weighted by molar-refractivity contribution is 7.92. The van der Waals surface area contributed by atoms with Crippen LogP contribution in [0.2, 0.25) is 0 Å². The first-order chi connectivity index (χ1) is 14.8. The molecular formula is C23H21FN2O4S. The van der Waals surface area contributed by atoms with Gasteiger partial charge < -0.3 is 10.1 Å². The molecule has 0 bridgehead atoms. The zero-order valence-electron chi connectivity index (χ0n) is 16.9. The molecule has 4 rings (SSSR count). The van der Waals surface area contributed by atoms with Crippen molar-refractivity contribution in [1.29, 1.82) is 0 Å². The Hall–Kier alpha value is -3.39. The number of hydrogen-bond acceptors (Lipinski definition) is 4. The molecule has 1 amide bonds. The van der Waals surface area contributed by atoms with Gasteiger partial charge >= 0.3 is 0 Å². The molecule has 3 aromatic rings. The van der Waals surface area contributed by atoms with E-state index < -0.39 is 21.7 Å². The molecule has 0 spiro atoms. The molecular weight excluding hydrogens is 419 g/mol. The van der Waals surface area contributed by atoms with Gasteiger partial charge in [0.1, 0.15) is 17.7 Å². The zero-order valence-corrected chi connectivity index (χ0v) is 17.7. The van der Waals surface area contributed by atoms with Gasteiger partial charge in [0.05, 0.1) is 16.1 Å². The molecule has 160 valence electrons. The second kappa shape index (κ2) is 8.03. The average Bonchev–Trinajstić information content (AvgIpc) is 3.04. The fourth-order valence-corrected chi connectivity index (χ4v) is 4.56. The normalized spacial score (nSPS) is 17.5. The summed E-state index contributed by atoms with van der Waals surface area (Å²) in [4.78, 5) is 12.8. The summed E-state index contributed by atoms with van der Waals surface area (Å²) in [5.41, 5.74) is 1.48. The van der Waals surface area contributed by atoms with Crippen molar-refractivity contribution in [2.75, 3.05) is 10.0 Å². The smallest absolute Gasteiger partial charge is 0.262 e. The molecule has 1 aliphatic rings. The van der Waals surface area contributed by atoms with Crippen molar-refractivity contribution in [3.8, 4) is 5.75 Å². The molecule has 0 radical (unpaired) electrons. The molecule has 8 heteroatoms. The number of carbonyl (C=O) groups excluding carboxylic acids is 1. The van der Waals surface area contributed by atoms with E-state index in [9.17, 15) is 17.6 Å². The SMILES string of the molecule is C[C@@H]1Oc2c(C(=O)Nc3cccc(S(=O)(=O)Nc4ccccc4F)c3)cccc2[C@@H]1C. The van der Waals surface area contributed by atoms with Crippen molar-refractivity contribution in [3.63, 3.8) is 0 Å². The molecule has 2 N–H and O–H groups in total. The lowest BCUT2D eigenvalue weighted by Gasteiger charge is -2.12. The Bertz CT molecular complexity index is 1260. The van der Waals surface area contributed by atoms with E-state index in [1.54, 1.807) is 18.2 Å². The van der Waals surface area contributed by atoms with Crippen LogP contribution in [0.1, 0.15) is 35.7 Å². The van der Waals surface area contributed by atoms with E-state index in [-0.39, 0.29) is 28.3 Å². The van der Waals surface area contributed by atoms with E-state index in [0.717, 1.165) is 11.6 Å². The summed E-state index contributed by atoms with van der Waals surface area (Å²) in [7, 11) is -4.05. The number of carbonyl (C=O) groups is 1. The quantitative estimate of drug-likeness (QED) is 0.599. The van der Waals surface area contributed by atoms with E-state index in [2.05, 4.69) is 10.0 Å². The topological polar surface area (TPSA) is 84.5 Å². The van der Waals surface area contributed by atoms with Crippen LogP contribution in [0.3, 0.4) is 0 Å². The molecule has 0 saturated carbocycles. The molecule has 0 aromatic heterocycles. The maximum atomic E-state index is 13.8.